The molecule has 0 aliphatic carbocycles. The molecule has 8 heteroatoms. The minimum atomic E-state index is -1.57. The van der Waals surface area contributed by atoms with Gasteiger partial charge in [0, 0.05) is 0 Å². The number of aliphatic hydroxyl groups excluding tert-OH is 1. The normalized spacial score (nSPS) is 28.9. The van der Waals surface area contributed by atoms with E-state index in [0.717, 1.165) is 6.61 Å². The maximum atomic E-state index is 13.6. The molecular formula is C9H9FN5O2. The molecule has 1 saturated heterocycles. The van der Waals surface area contributed by atoms with E-state index in [0.29, 0.717) is 11.2 Å². The number of halogens is 1. The van der Waals surface area contributed by atoms with Crippen LogP contribution in [0.5, 0.6) is 0 Å². The van der Waals surface area contributed by atoms with Gasteiger partial charge < -0.3 is 15.6 Å². The van der Waals surface area contributed by atoms with E-state index in [2.05, 4.69) is 15.0 Å². The molecule has 1 radical (unpaired) electrons. The van der Waals surface area contributed by atoms with Crippen LogP contribution in [0.1, 0.15) is 6.23 Å². The zero-order valence-electron chi connectivity index (χ0n) is 8.56. The summed E-state index contributed by atoms with van der Waals surface area (Å²) in [4.78, 5) is 11.7. The fourth-order valence-electron chi connectivity index (χ4n) is 1.76. The summed E-state index contributed by atoms with van der Waals surface area (Å²) in [6, 6.07) is 0. The largest absolute Gasteiger partial charge is 0.387 e. The quantitative estimate of drug-likeness (QED) is 0.713. The summed E-state index contributed by atoms with van der Waals surface area (Å²) in [5.74, 6) is 0.215. The van der Waals surface area contributed by atoms with E-state index >= 15 is 0 Å². The van der Waals surface area contributed by atoms with Crippen molar-refractivity contribution < 1.29 is 14.2 Å². The van der Waals surface area contributed by atoms with Crippen molar-refractivity contribution in [2.75, 3.05) is 5.73 Å². The summed E-state index contributed by atoms with van der Waals surface area (Å²) in [5.41, 5.74) is 6.36. The fourth-order valence-corrected chi connectivity index (χ4v) is 1.76. The molecule has 3 heterocycles. The van der Waals surface area contributed by atoms with E-state index < -0.39 is 18.5 Å². The molecule has 1 aliphatic heterocycles. The number of hydrogen-bond acceptors (Lipinski definition) is 6. The number of aromatic nitrogens is 4. The summed E-state index contributed by atoms with van der Waals surface area (Å²) in [6.45, 7) is 1.05. The minimum Gasteiger partial charge on any atom is -0.387 e. The first-order chi connectivity index (χ1) is 8.18. The van der Waals surface area contributed by atoms with Crippen molar-refractivity contribution in [1.29, 1.82) is 0 Å². The van der Waals surface area contributed by atoms with Crippen molar-refractivity contribution >= 4 is 17.0 Å². The molecule has 3 N–H and O–H groups in total. The van der Waals surface area contributed by atoms with Crippen LogP contribution in [0.3, 0.4) is 0 Å². The number of nitrogens with zero attached hydrogens (tertiary/aromatic N) is 4. The van der Waals surface area contributed by atoms with Crippen molar-refractivity contribution in [3.63, 3.8) is 0 Å². The maximum absolute atomic E-state index is 13.6. The van der Waals surface area contributed by atoms with Gasteiger partial charge in [0.1, 0.15) is 24.6 Å². The summed E-state index contributed by atoms with van der Waals surface area (Å²) in [7, 11) is 0. The number of anilines is 1. The molecular weight excluding hydrogens is 229 g/mol. The number of aliphatic hydroxyl groups is 1. The van der Waals surface area contributed by atoms with Gasteiger partial charge in [-0.1, -0.05) is 0 Å². The molecule has 0 aromatic carbocycles. The van der Waals surface area contributed by atoms with Crippen LogP contribution in [0.2, 0.25) is 0 Å². The van der Waals surface area contributed by atoms with Crippen molar-refractivity contribution in [3.8, 4) is 0 Å². The number of imidazole rings is 1. The van der Waals surface area contributed by atoms with Gasteiger partial charge in [-0.2, -0.15) is 0 Å². The van der Waals surface area contributed by atoms with E-state index in [-0.39, 0.29) is 5.82 Å². The zero-order chi connectivity index (χ0) is 12.0. The Morgan fingerprint density at radius 1 is 1.41 bits per heavy atom. The molecule has 17 heavy (non-hydrogen) atoms. The van der Waals surface area contributed by atoms with Crippen LogP contribution >= 0.6 is 0 Å². The molecule has 1 aliphatic rings. The molecule has 0 spiro atoms. The first-order valence-corrected chi connectivity index (χ1v) is 4.92. The number of ether oxygens (including phenoxy) is 1. The summed E-state index contributed by atoms with van der Waals surface area (Å²) < 4.78 is 20.1. The highest BCUT2D eigenvalue weighted by Gasteiger charge is 2.39. The SMILES string of the molecule is Nc1ncnc2c1ncn2[C@@H]1O[CH][C@@H](O)[C@@H]1F. The van der Waals surface area contributed by atoms with Crippen LogP contribution in [-0.2, 0) is 4.74 Å². The number of fused-ring (bicyclic) bond motifs is 1. The Balaban J connectivity index is 2.10. The molecule has 0 bridgehead atoms. The van der Waals surface area contributed by atoms with Gasteiger partial charge in [-0.05, 0) is 0 Å². The number of alkyl halides is 1. The fraction of sp³-hybridized carbons (Fsp3) is 0.333. The highest BCUT2D eigenvalue weighted by Crippen LogP contribution is 2.31. The third-order valence-electron chi connectivity index (χ3n) is 2.62. The lowest BCUT2D eigenvalue weighted by Gasteiger charge is -2.14. The van der Waals surface area contributed by atoms with Crippen LogP contribution < -0.4 is 5.73 Å². The Labute approximate surface area is 95.1 Å². The third kappa shape index (κ3) is 1.45. The van der Waals surface area contributed by atoms with Crippen molar-refractivity contribution in [3.05, 3.63) is 19.3 Å². The minimum absolute atomic E-state index is 0.215. The van der Waals surface area contributed by atoms with E-state index in [1.165, 1.54) is 17.2 Å². The maximum Gasteiger partial charge on any atom is 0.173 e. The molecule has 1 fully saturated rings. The monoisotopic (exact) mass is 238 g/mol. The molecule has 0 saturated carbocycles. The van der Waals surface area contributed by atoms with Crippen LogP contribution in [0.25, 0.3) is 11.2 Å². The van der Waals surface area contributed by atoms with Crippen LogP contribution in [-0.4, -0.2) is 36.9 Å². The molecule has 3 atom stereocenters. The smallest absolute Gasteiger partial charge is 0.173 e. The lowest BCUT2D eigenvalue weighted by atomic mass is 10.2. The van der Waals surface area contributed by atoms with Crippen LogP contribution in [0, 0.1) is 6.61 Å². The zero-order valence-corrected chi connectivity index (χ0v) is 8.56. The van der Waals surface area contributed by atoms with E-state index in [4.69, 9.17) is 10.5 Å². The van der Waals surface area contributed by atoms with Crippen molar-refractivity contribution in [2.45, 2.75) is 18.5 Å². The predicted molar refractivity (Wildman–Crippen MR) is 55.1 cm³/mol. The highest BCUT2D eigenvalue weighted by atomic mass is 19.1. The topological polar surface area (TPSA) is 99.1 Å². The van der Waals surface area contributed by atoms with Crippen molar-refractivity contribution in [1.82, 2.24) is 19.5 Å². The lowest BCUT2D eigenvalue weighted by Crippen LogP contribution is -2.23. The average molecular weight is 238 g/mol. The summed E-state index contributed by atoms with van der Waals surface area (Å²) >= 11 is 0. The van der Waals surface area contributed by atoms with Gasteiger partial charge in [0.05, 0.1) is 6.33 Å². The Morgan fingerprint density at radius 3 is 2.94 bits per heavy atom. The number of rotatable bonds is 1. The first-order valence-electron chi connectivity index (χ1n) is 4.92. The third-order valence-corrected chi connectivity index (χ3v) is 2.62. The average Bonchev–Trinajstić information content (AvgIpc) is 2.86. The summed E-state index contributed by atoms with van der Waals surface area (Å²) in [5, 5.41) is 9.25. The van der Waals surface area contributed by atoms with Crippen LogP contribution in [0.15, 0.2) is 12.7 Å². The number of nitrogen functional groups attached to an aromatic ring is 1. The Hall–Kier alpha value is -1.80. The summed E-state index contributed by atoms with van der Waals surface area (Å²) in [6.07, 6.45) is -1.18. The van der Waals surface area contributed by atoms with Gasteiger partial charge in [-0.25, -0.2) is 19.3 Å². The van der Waals surface area contributed by atoms with Gasteiger partial charge in [-0.3, -0.25) is 4.57 Å². The van der Waals surface area contributed by atoms with Crippen LogP contribution in [0.4, 0.5) is 10.2 Å². The molecule has 2 aromatic heterocycles. The van der Waals surface area contributed by atoms with E-state index in [9.17, 15) is 9.50 Å². The molecule has 0 amide bonds. The van der Waals surface area contributed by atoms with Gasteiger partial charge in [0.2, 0.25) is 0 Å². The van der Waals surface area contributed by atoms with E-state index in [1.54, 1.807) is 0 Å². The van der Waals surface area contributed by atoms with Gasteiger partial charge in [-0.15, -0.1) is 0 Å². The molecule has 2 aromatic rings. The highest BCUT2D eigenvalue weighted by molar-refractivity contribution is 5.81. The van der Waals surface area contributed by atoms with Gasteiger partial charge in [0.15, 0.2) is 23.9 Å². The molecule has 3 rings (SSSR count). The molecule has 7 nitrogen and oxygen atoms in total. The Morgan fingerprint density at radius 2 is 2.24 bits per heavy atom. The Bertz CT molecular complexity index is 559. The Kier molecular flexibility index (Phi) is 2.20. The van der Waals surface area contributed by atoms with Crippen molar-refractivity contribution in [2.24, 2.45) is 0 Å². The molecule has 0 unspecified atom stereocenters. The second-order valence-corrected chi connectivity index (χ2v) is 3.68. The first kappa shape index (κ1) is 10.4. The second kappa shape index (κ2) is 3.60. The second-order valence-electron chi connectivity index (χ2n) is 3.68. The standard InChI is InChI=1S/C9H9FN5O2/c10-5-4(16)1-17-9(5)15-3-14-6-7(11)12-2-13-8(6)15/h1-5,9,16H,(H2,11,12,13)/t4-,5+,9-/m1/s1. The lowest BCUT2D eigenvalue weighted by molar-refractivity contribution is 0.0387. The predicted octanol–water partition coefficient (Wildman–Crippen LogP) is -0.202. The van der Waals surface area contributed by atoms with Gasteiger partial charge >= 0.3 is 0 Å². The van der Waals surface area contributed by atoms with E-state index in [1.807, 2.05) is 0 Å². The van der Waals surface area contributed by atoms with Gasteiger partial charge in [0.25, 0.3) is 0 Å². The molecule has 89 valence electrons. The number of nitrogens with two attached hydrogens (primary N) is 1. The number of hydrogen-bond donors (Lipinski definition) is 2.